The van der Waals surface area contributed by atoms with E-state index < -0.39 is 12.1 Å². The number of carboxylic acid groups (broad SMARTS) is 1. The van der Waals surface area contributed by atoms with Crippen LogP contribution >= 0.6 is 0 Å². The number of pyridine rings is 1. The van der Waals surface area contributed by atoms with Crippen molar-refractivity contribution >= 4 is 12.1 Å². The minimum absolute atomic E-state index is 0.124. The van der Waals surface area contributed by atoms with Crippen LogP contribution in [0, 0.1) is 18.8 Å². The molecule has 1 amide bonds. The Morgan fingerprint density at radius 2 is 2.00 bits per heavy atom. The number of carbonyl (C=O) groups excluding carboxylic acids is 1. The molecule has 2 aliphatic rings. The van der Waals surface area contributed by atoms with Gasteiger partial charge < -0.3 is 19.9 Å². The zero-order chi connectivity index (χ0) is 24.1. The number of nitrogens with one attached hydrogen (secondary N) is 1. The van der Waals surface area contributed by atoms with Crippen LogP contribution in [0.2, 0.25) is 0 Å². The number of aryl methyl sites for hydroxylation is 2. The molecular weight excluding hydrogens is 438 g/mol. The smallest absolute Gasteiger partial charge is 0.407 e. The van der Waals surface area contributed by atoms with Gasteiger partial charge in [-0.15, -0.1) is 5.10 Å². The summed E-state index contributed by atoms with van der Waals surface area (Å²) in [7, 11) is 1.80. The number of carbonyl (C=O) groups is 2. The Bertz CT molecular complexity index is 1020. The van der Waals surface area contributed by atoms with E-state index in [0.717, 1.165) is 18.5 Å². The minimum atomic E-state index is -0.756. The van der Waals surface area contributed by atoms with Crippen molar-refractivity contribution < 1.29 is 24.2 Å². The molecule has 0 bridgehead atoms. The molecule has 2 aromatic rings. The highest BCUT2D eigenvalue weighted by molar-refractivity contribution is 5.70. The topological polar surface area (TPSA) is 128 Å². The van der Waals surface area contributed by atoms with E-state index in [0.29, 0.717) is 54.6 Å². The predicted octanol–water partition coefficient (Wildman–Crippen LogP) is 3.28. The summed E-state index contributed by atoms with van der Waals surface area (Å²) < 4.78 is 13.1. The van der Waals surface area contributed by atoms with Crippen molar-refractivity contribution in [3.8, 4) is 17.1 Å². The Balaban J connectivity index is 1.35. The number of aromatic nitrogens is 4. The number of hydrogen-bond donors (Lipinski definition) is 2. The second kappa shape index (κ2) is 10.8. The SMILES string of the molecule is Cc1nc(-c2nnn(C)c2CCOC(=O)NCC2CCC2)ccc1O[C@H]1CCC[C@H](C(=O)O)C1. The monoisotopic (exact) mass is 471 g/mol. The van der Waals surface area contributed by atoms with Crippen LogP contribution in [0.4, 0.5) is 4.79 Å². The summed E-state index contributed by atoms with van der Waals surface area (Å²) in [6, 6.07) is 3.68. The Labute approximate surface area is 199 Å². The molecule has 2 saturated carbocycles. The fraction of sp³-hybridized carbons (Fsp3) is 0.625. The van der Waals surface area contributed by atoms with Crippen LogP contribution in [0.3, 0.4) is 0 Å². The molecule has 0 saturated heterocycles. The molecule has 10 heteroatoms. The van der Waals surface area contributed by atoms with Gasteiger partial charge in [0.25, 0.3) is 0 Å². The van der Waals surface area contributed by atoms with Crippen molar-refractivity contribution in [3.63, 3.8) is 0 Å². The van der Waals surface area contributed by atoms with Gasteiger partial charge in [0.1, 0.15) is 11.4 Å². The lowest BCUT2D eigenvalue weighted by Gasteiger charge is -2.27. The summed E-state index contributed by atoms with van der Waals surface area (Å²) in [6.45, 7) is 2.76. The van der Waals surface area contributed by atoms with Gasteiger partial charge in [-0.1, -0.05) is 11.6 Å². The van der Waals surface area contributed by atoms with Crippen LogP contribution in [0.25, 0.3) is 11.4 Å². The fourth-order valence-electron chi connectivity index (χ4n) is 4.53. The number of carboxylic acids is 1. The van der Waals surface area contributed by atoms with Crippen molar-refractivity contribution in [1.29, 1.82) is 0 Å². The molecule has 2 fully saturated rings. The van der Waals surface area contributed by atoms with Gasteiger partial charge in [0, 0.05) is 20.0 Å². The highest BCUT2D eigenvalue weighted by atomic mass is 16.5. The van der Waals surface area contributed by atoms with Crippen LogP contribution < -0.4 is 10.1 Å². The van der Waals surface area contributed by atoms with E-state index >= 15 is 0 Å². The number of rotatable bonds is 9. The van der Waals surface area contributed by atoms with E-state index in [1.807, 2.05) is 19.1 Å². The maximum atomic E-state index is 11.9. The summed E-state index contributed by atoms with van der Waals surface area (Å²) >= 11 is 0. The minimum Gasteiger partial charge on any atom is -0.489 e. The molecule has 10 nitrogen and oxygen atoms in total. The molecule has 184 valence electrons. The van der Waals surface area contributed by atoms with Crippen molar-refractivity contribution in [2.24, 2.45) is 18.9 Å². The van der Waals surface area contributed by atoms with Crippen LogP contribution in [-0.2, 0) is 23.0 Å². The number of nitrogens with zero attached hydrogens (tertiary/aromatic N) is 4. The van der Waals surface area contributed by atoms with E-state index in [2.05, 4.69) is 20.6 Å². The molecule has 2 N–H and O–H groups in total. The molecule has 0 aromatic carbocycles. The lowest BCUT2D eigenvalue weighted by Crippen LogP contribution is -2.32. The molecule has 2 atom stereocenters. The van der Waals surface area contributed by atoms with Crippen LogP contribution in [0.15, 0.2) is 12.1 Å². The van der Waals surface area contributed by atoms with Crippen molar-refractivity contribution in [2.45, 2.75) is 64.4 Å². The molecule has 0 unspecified atom stereocenters. The number of ether oxygens (including phenoxy) is 2. The van der Waals surface area contributed by atoms with Gasteiger partial charge in [0.05, 0.1) is 35.7 Å². The molecule has 0 radical (unpaired) electrons. The van der Waals surface area contributed by atoms with Crippen molar-refractivity contribution in [2.75, 3.05) is 13.2 Å². The summed E-state index contributed by atoms with van der Waals surface area (Å²) in [5, 5.41) is 20.5. The maximum Gasteiger partial charge on any atom is 0.407 e. The Morgan fingerprint density at radius 1 is 1.21 bits per heavy atom. The predicted molar refractivity (Wildman–Crippen MR) is 123 cm³/mol. The van der Waals surface area contributed by atoms with Gasteiger partial charge in [-0.3, -0.25) is 9.48 Å². The zero-order valence-corrected chi connectivity index (χ0v) is 19.8. The Kier molecular flexibility index (Phi) is 7.64. The van der Waals surface area contributed by atoms with Crippen LogP contribution in [0.5, 0.6) is 5.75 Å². The first kappa shape index (κ1) is 24.0. The first-order chi connectivity index (χ1) is 16.4. The summed E-state index contributed by atoms with van der Waals surface area (Å²) in [5.41, 5.74) is 2.83. The van der Waals surface area contributed by atoms with Crippen LogP contribution in [0.1, 0.15) is 56.3 Å². The summed E-state index contributed by atoms with van der Waals surface area (Å²) in [4.78, 5) is 27.9. The third-order valence-corrected chi connectivity index (χ3v) is 6.82. The molecular formula is C24H33N5O5. The summed E-state index contributed by atoms with van der Waals surface area (Å²) in [6.07, 6.45) is 6.42. The Morgan fingerprint density at radius 3 is 2.71 bits per heavy atom. The van der Waals surface area contributed by atoms with Gasteiger partial charge in [0.15, 0.2) is 0 Å². The number of hydrogen-bond acceptors (Lipinski definition) is 7. The number of amides is 1. The average Bonchev–Trinajstić information content (AvgIpc) is 3.14. The largest absolute Gasteiger partial charge is 0.489 e. The third kappa shape index (κ3) is 5.84. The van der Waals surface area contributed by atoms with Crippen molar-refractivity contribution in [3.05, 3.63) is 23.5 Å². The van der Waals surface area contributed by atoms with E-state index in [4.69, 9.17) is 9.47 Å². The highest BCUT2D eigenvalue weighted by Gasteiger charge is 2.28. The van der Waals surface area contributed by atoms with E-state index in [9.17, 15) is 14.7 Å². The molecule has 2 aliphatic carbocycles. The standard InChI is InChI=1S/C24H33N5O5/c1-15-21(34-18-8-4-7-17(13-18)23(30)31)10-9-19(26-15)22-20(29(2)28-27-22)11-12-33-24(32)25-14-16-5-3-6-16/h9-10,16-18H,3-8,11-14H2,1-2H3,(H,25,32)(H,30,31)/t17-,18-/m0/s1. The van der Waals surface area contributed by atoms with E-state index in [1.165, 1.54) is 19.3 Å². The van der Waals surface area contributed by atoms with Gasteiger partial charge in [-0.2, -0.15) is 0 Å². The lowest BCUT2D eigenvalue weighted by atomic mass is 9.85. The molecule has 2 aromatic heterocycles. The average molecular weight is 472 g/mol. The molecule has 2 heterocycles. The highest BCUT2D eigenvalue weighted by Crippen LogP contribution is 2.30. The second-order valence-corrected chi connectivity index (χ2v) is 9.29. The van der Waals surface area contributed by atoms with Crippen molar-refractivity contribution in [1.82, 2.24) is 25.3 Å². The number of aliphatic carboxylic acids is 1. The zero-order valence-electron chi connectivity index (χ0n) is 19.8. The molecule has 0 aliphatic heterocycles. The first-order valence-corrected chi connectivity index (χ1v) is 12.1. The molecule has 0 spiro atoms. The van der Waals surface area contributed by atoms with Gasteiger partial charge >= 0.3 is 12.1 Å². The maximum absolute atomic E-state index is 11.9. The Hall–Kier alpha value is -3.17. The molecule has 34 heavy (non-hydrogen) atoms. The van der Waals surface area contributed by atoms with Crippen LogP contribution in [-0.4, -0.2) is 56.4 Å². The summed E-state index contributed by atoms with van der Waals surface area (Å²) in [5.74, 6) is 0.125. The fourth-order valence-corrected chi connectivity index (χ4v) is 4.53. The van der Waals surface area contributed by atoms with E-state index in [1.54, 1.807) is 11.7 Å². The number of alkyl carbamates (subject to hydrolysis) is 1. The quantitative estimate of drug-likeness (QED) is 0.570. The van der Waals surface area contributed by atoms with Gasteiger partial charge in [0.2, 0.25) is 0 Å². The normalized spacial score (nSPS) is 20.4. The van der Waals surface area contributed by atoms with E-state index in [-0.39, 0.29) is 18.6 Å². The first-order valence-electron chi connectivity index (χ1n) is 12.1. The second-order valence-electron chi connectivity index (χ2n) is 9.29. The van der Waals surface area contributed by atoms with Gasteiger partial charge in [-0.05, 0) is 63.5 Å². The lowest BCUT2D eigenvalue weighted by molar-refractivity contribution is -0.143. The van der Waals surface area contributed by atoms with Gasteiger partial charge in [-0.25, -0.2) is 9.78 Å². The molecule has 4 rings (SSSR count). The third-order valence-electron chi connectivity index (χ3n) is 6.82.